The minimum absolute atomic E-state index is 0.205. The maximum absolute atomic E-state index is 5.67. The van der Waals surface area contributed by atoms with Crippen molar-refractivity contribution in [3.05, 3.63) is 6.07 Å². The number of hydrogen-bond acceptors (Lipinski definition) is 5. The monoisotopic (exact) mass is 237 g/mol. The maximum atomic E-state index is 5.67. The number of nitrogen functional groups attached to an aromatic ring is 1. The fourth-order valence-corrected chi connectivity index (χ4v) is 1.26. The molecule has 0 saturated carbocycles. The SMILES string of the molecule is CCCNc1cc(NCC(C)(C)C)nc(N)n1. The van der Waals surface area contributed by atoms with Gasteiger partial charge in [-0.2, -0.15) is 9.97 Å². The first-order chi connectivity index (χ1) is 7.90. The Morgan fingerprint density at radius 2 is 1.76 bits per heavy atom. The summed E-state index contributed by atoms with van der Waals surface area (Å²) in [5.74, 6) is 1.84. The van der Waals surface area contributed by atoms with Crippen molar-refractivity contribution in [1.29, 1.82) is 0 Å². The van der Waals surface area contributed by atoms with E-state index < -0.39 is 0 Å². The topological polar surface area (TPSA) is 75.9 Å². The minimum Gasteiger partial charge on any atom is -0.370 e. The van der Waals surface area contributed by atoms with Crippen LogP contribution in [0.2, 0.25) is 0 Å². The third-order valence-electron chi connectivity index (χ3n) is 2.10. The van der Waals surface area contributed by atoms with Gasteiger partial charge in [0.2, 0.25) is 5.95 Å². The average molecular weight is 237 g/mol. The molecule has 0 aliphatic rings. The molecule has 96 valence electrons. The third-order valence-corrected chi connectivity index (χ3v) is 2.10. The molecule has 1 aromatic rings. The highest BCUT2D eigenvalue weighted by atomic mass is 15.1. The smallest absolute Gasteiger partial charge is 0.223 e. The van der Waals surface area contributed by atoms with E-state index >= 15 is 0 Å². The van der Waals surface area contributed by atoms with Crippen LogP contribution in [0.15, 0.2) is 6.07 Å². The van der Waals surface area contributed by atoms with Gasteiger partial charge in [0.1, 0.15) is 11.6 Å². The quantitative estimate of drug-likeness (QED) is 0.733. The molecule has 0 amide bonds. The second-order valence-electron chi connectivity index (χ2n) is 5.34. The van der Waals surface area contributed by atoms with Gasteiger partial charge in [0.05, 0.1) is 0 Å². The summed E-state index contributed by atoms with van der Waals surface area (Å²) in [4.78, 5) is 8.29. The average Bonchev–Trinajstić information content (AvgIpc) is 2.22. The number of hydrogen-bond donors (Lipinski definition) is 3. The van der Waals surface area contributed by atoms with Crippen LogP contribution in [0.4, 0.5) is 17.6 Å². The lowest BCUT2D eigenvalue weighted by molar-refractivity contribution is 0.442. The molecular weight excluding hydrogens is 214 g/mol. The lowest BCUT2D eigenvalue weighted by Crippen LogP contribution is -2.20. The summed E-state index contributed by atoms with van der Waals surface area (Å²) in [5, 5.41) is 6.47. The molecule has 17 heavy (non-hydrogen) atoms. The number of rotatable bonds is 5. The summed E-state index contributed by atoms with van der Waals surface area (Å²) in [6.07, 6.45) is 1.05. The van der Waals surface area contributed by atoms with Crippen molar-refractivity contribution in [1.82, 2.24) is 9.97 Å². The van der Waals surface area contributed by atoms with Crippen LogP contribution in [0.25, 0.3) is 0 Å². The van der Waals surface area contributed by atoms with Crippen LogP contribution in [0.1, 0.15) is 34.1 Å². The Balaban J connectivity index is 2.68. The molecule has 0 aromatic carbocycles. The molecule has 1 rings (SSSR count). The van der Waals surface area contributed by atoms with Gasteiger partial charge < -0.3 is 16.4 Å². The molecule has 0 aliphatic heterocycles. The highest BCUT2D eigenvalue weighted by Crippen LogP contribution is 2.17. The van der Waals surface area contributed by atoms with Crippen molar-refractivity contribution in [2.45, 2.75) is 34.1 Å². The second-order valence-corrected chi connectivity index (χ2v) is 5.34. The summed E-state index contributed by atoms with van der Waals surface area (Å²) in [6.45, 7) is 10.3. The van der Waals surface area contributed by atoms with Gasteiger partial charge in [-0.15, -0.1) is 0 Å². The molecule has 0 aliphatic carbocycles. The van der Waals surface area contributed by atoms with E-state index in [0.29, 0.717) is 5.95 Å². The molecule has 5 heteroatoms. The van der Waals surface area contributed by atoms with Crippen LogP contribution < -0.4 is 16.4 Å². The Bertz CT molecular complexity index is 356. The van der Waals surface area contributed by atoms with Gasteiger partial charge in [0.15, 0.2) is 0 Å². The molecule has 0 radical (unpaired) electrons. The number of nitrogens with two attached hydrogens (primary N) is 1. The van der Waals surface area contributed by atoms with Crippen LogP contribution in [0.5, 0.6) is 0 Å². The molecular formula is C12H23N5. The van der Waals surface area contributed by atoms with Crippen molar-refractivity contribution in [3.63, 3.8) is 0 Å². The first kappa shape index (κ1) is 13.5. The molecule has 0 atom stereocenters. The van der Waals surface area contributed by atoms with E-state index in [0.717, 1.165) is 31.1 Å². The Hall–Kier alpha value is -1.52. The van der Waals surface area contributed by atoms with Gasteiger partial charge >= 0.3 is 0 Å². The summed E-state index contributed by atoms with van der Waals surface area (Å²) < 4.78 is 0. The first-order valence-electron chi connectivity index (χ1n) is 6.03. The normalized spacial score (nSPS) is 11.3. The first-order valence-corrected chi connectivity index (χ1v) is 6.03. The lowest BCUT2D eigenvalue weighted by atomic mass is 9.97. The predicted molar refractivity (Wildman–Crippen MR) is 73.2 cm³/mol. The third kappa shape index (κ3) is 5.38. The molecule has 0 fully saturated rings. The number of anilines is 3. The Kier molecular flexibility index (Phi) is 4.54. The van der Waals surface area contributed by atoms with Crippen molar-refractivity contribution < 1.29 is 0 Å². The fraction of sp³-hybridized carbons (Fsp3) is 0.667. The van der Waals surface area contributed by atoms with Gasteiger partial charge in [-0.1, -0.05) is 27.7 Å². The molecule has 5 nitrogen and oxygen atoms in total. The van der Waals surface area contributed by atoms with Crippen LogP contribution in [0, 0.1) is 5.41 Å². The van der Waals surface area contributed by atoms with Crippen LogP contribution in [-0.2, 0) is 0 Å². The molecule has 1 aromatic heterocycles. The van der Waals surface area contributed by atoms with Gasteiger partial charge in [0.25, 0.3) is 0 Å². The number of aromatic nitrogens is 2. The van der Waals surface area contributed by atoms with Crippen molar-refractivity contribution in [3.8, 4) is 0 Å². The van der Waals surface area contributed by atoms with Gasteiger partial charge in [-0.3, -0.25) is 0 Å². The van der Waals surface area contributed by atoms with E-state index in [1.165, 1.54) is 0 Å². The molecule has 0 unspecified atom stereocenters. The predicted octanol–water partition coefficient (Wildman–Crippen LogP) is 2.34. The molecule has 0 spiro atoms. The van der Waals surface area contributed by atoms with E-state index in [1.807, 2.05) is 6.07 Å². The highest BCUT2D eigenvalue weighted by molar-refractivity contribution is 5.51. The lowest BCUT2D eigenvalue weighted by Gasteiger charge is -2.19. The largest absolute Gasteiger partial charge is 0.370 e. The van der Waals surface area contributed by atoms with Crippen molar-refractivity contribution in [2.24, 2.45) is 5.41 Å². The summed E-state index contributed by atoms with van der Waals surface area (Å²) in [5.41, 5.74) is 5.87. The Labute approximate surface area is 103 Å². The Morgan fingerprint density at radius 1 is 1.18 bits per heavy atom. The maximum Gasteiger partial charge on any atom is 0.223 e. The number of nitrogens with one attached hydrogen (secondary N) is 2. The molecule has 0 saturated heterocycles. The van der Waals surface area contributed by atoms with E-state index in [1.54, 1.807) is 0 Å². The highest BCUT2D eigenvalue weighted by Gasteiger charge is 2.10. The molecule has 4 N–H and O–H groups in total. The summed E-state index contributed by atoms with van der Waals surface area (Å²) in [7, 11) is 0. The van der Waals surface area contributed by atoms with Crippen molar-refractivity contribution in [2.75, 3.05) is 29.5 Å². The van der Waals surface area contributed by atoms with Gasteiger partial charge in [-0.05, 0) is 11.8 Å². The Morgan fingerprint density at radius 3 is 2.29 bits per heavy atom. The standard InChI is InChI=1S/C12H23N5/c1-5-6-14-9-7-10(17-11(13)16-9)15-8-12(2,3)4/h7H,5-6,8H2,1-4H3,(H4,13,14,15,16,17). The van der Waals surface area contributed by atoms with Gasteiger partial charge in [-0.25, -0.2) is 0 Å². The van der Waals surface area contributed by atoms with E-state index in [2.05, 4.69) is 48.3 Å². The fourth-order valence-electron chi connectivity index (χ4n) is 1.26. The van der Waals surface area contributed by atoms with E-state index in [-0.39, 0.29) is 5.41 Å². The van der Waals surface area contributed by atoms with Crippen LogP contribution >= 0.6 is 0 Å². The molecule has 0 bridgehead atoms. The zero-order valence-electron chi connectivity index (χ0n) is 11.2. The zero-order chi connectivity index (χ0) is 12.9. The van der Waals surface area contributed by atoms with E-state index in [4.69, 9.17) is 5.73 Å². The van der Waals surface area contributed by atoms with Crippen LogP contribution in [0.3, 0.4) is 0 Å². The number of nitrogens with zero attached hydrogens (tertiary/aromatic N) is 2. The zero-order valence-corrected chi connectivity index (χ0v) is 11.2. The summed E-state index contributed by atoms with van der Waals surface area (Å²) >= 11 is 0. The molecule has 1 heterocycles. The van der Waals surface area contributed by atoms with Crippen molar-refractivity contribution >= 4 is 17.6 Å². The van der Waals surface area contributed by atoms with Gasteiger partial charge in [0, 0.05) is 19.2 Å². The minimum atomic E-state index is 0.205. The second kappa shape index (κ2) is 5.70. The van der Waals surface area contributed by atoms with Crippen LogP contribution in [-0.4, -0.2) is 23.1 Å². The summed E-state index contributed by atoms with van der Waals surface area (Å²) in [6, 6.07) is 1.89. The van der Waals surface area contributed by atoms with E-state index in [9.17, 15) is 0 Å².